The largest absolute Gasteiger partial charge is 0.338 e. The summed E-state index contributed by atoms with van der Waals surface area (Å²) in [5, 5.41) is 7.94. The average Bonchev–Trinajstić information content (AvgIpc) is 3.37. The van der Waals surface area contributed by atoms with Crippen LogP contribution in [0, 0.1) is 0 Å². The number of fused-ring (bicyclic) bond motifs is 2. The van der Waals surface area contributed by atoms with Crippen molar-refractivity contribution in [2.24, 2.45) is 7.05 Å². The number of aryl methyl sites for hydroxylation is 1. The van der Waals surface area contributed by atoms with Gasteiger partial charge in [0.2, 0.25) is 0 Å². The minimum Gasteiger partial charge on any atom is -0.338 e. The van der Waals surface area contributed by atoms with Gasteiger partial charge in [-0.15, -0.1) is 0 Å². The Labute approximate surface area is 155 Å². The SMILES string of the molecule is Cn1c(=O)[nH]c2ccc(C(=O)N3CCC(n4ncc5c4CNC5)CC3)cc21. The highest BCUT2D eigenvalue weighted by Gasteiger charge is 2.28. The number of nitrogens with one attached hydrogen (secondary N) is 2. The van der Waals surface area contributed by atoms with Gasteiger partial charge in [-0.3, -0.25) is 14.0 Å². The van der Waals surface area contributed by atoms with Gasteiger partial charge < -0.3 is 15.2 Å². The predicted octanol–water partition coefficient (Wildman–Crippen LogP) is 1.14. The molecular formula is C19H22N6O2. The maximum absolute atomic E-state index is 12.9. The highest BCUT2D eigenvalue weighted by Crippen LogP contribution is 2.27. The Morgan fingerprint density at radius 3 is 2.85 bits per heavy atom. The van der Waals surface area contributed by atoms with Crippen molar-refractivity contribution in [1.29, 1.82) is 0 Å². The molecule has 2 aromatic heterocycles. The molecule has 1 aromatic carbocycles. The van der Waals surface area contributed by atoms with Gasteiger partial charge in [0.1, 0.15) is 0 Å². The van der Waals surface area contributed by atoms with E-state index in [0.717, 1.165) is 50.1 Å². The van der Waals surface area contributed by atoms with Gasteiger partial charge in [-0.1, -0.05) is 0 Å². The van der Waals surface area contributed by atoms with Crippen LogP contribution in [0.3, 0.4) is 0 Å². The fraction of sp³-hybridized carbons (Fsp3) is 0.421. The van der Waals surface area contributed by atoms with Crippen LogP contribution in [0.2, 0.25) is 0 Å². The fourth-order valence-electron chi connectivity index (χ4n) is 4.25. The summed E-state index contributed by atoms with van der Waals surface area (Å²) in [5.74, 6) is 0.0244. The van der Waals surface area contributed by atoms with Crippen molar-refractivity contribution in [2.75, 3.05) is 13.1 Å². The molecule has 1 fully saturated rings. The number of imidazole rings is 1. The number of amides is 1. The Balaban J connectivity index is 1.32. The summed E-state index contributed by atoms with van der Waals surface area (Å²) in [6.45, 7) is 3.21. The van der Waals surface area contributed by atoms with Gasteiger partial charge >= 0.3 is 5.69 Å². The van der Waals surface area contributed by atoms with Gasteiger partial charge in [-0.2, -0.15) is 5.10 Å². The lowest BCUT2D eigenvalue weighted by atomic mass is 10.0. The van der Waals surface area contributed by atoms with Crippen LogP contribution in [-0.4, -0.2) is 43.2 Å². The number of hydrogen-bond acceptors (Lipinski definition) is 4. The normalized spacial score (nSPS) is 17.6. The van der Waals surface area contributed by atoms with Crippen molar-refractivity contribution in [1.82, 2.24) is 29.5 Å². The number of aromatic amines is 1. The number of benzene rings is 1. The van der Waals surface area contributed by atoms with E-state index in [0.29, 0.717) is 11.6 Å². The Hall–Kier alpha value is -2.87. The first-order chi connectivity index (χ1) is 13.1. The number of hydrogen-bond donors (Lipinski definition) is 2. The summed E-state index contributed by atoms with van der Waals surface area (Å²) < 4.78 is 3.68. The highest BCUT2D eigenvalue weighted by atomic mass is 16.2. The van der Waals surface area contributed by atoms with Crippen LogP contribution in [0.15, 0.2) is 29.2 Å². The molecule has 0 atom stereocenters. The first kappa shape index (κ1) is 16.3. The second-order valence-electron chi connectivity index (χ2n) is 7.41. The van der Waals surface area contributed by atoms with Crippen molar-refractivity contribution in [2.45, 2.75) is 32.0 Å². The fourth-order valence-corrected chi connectivity index (χ4v) is 4.25. The van der Waals surface area contributed by atoms with Gasteiger partial charge in [0.05, 0.1) is 29.0 Å². The molecule has 1 amide bonds. The quantitative estimate of drug-likeness (QED) is 0.712. The molecule has 0 unspecified atom stereocenters. The van der Waals surface area contributed by atoms with Crippen molar-refractivity contribution < 1.29 is 4.79 Å². The molecular weight excluding hydrogens is 344 g/mol. The van der Waals surface area contributed by atoms with E-state index >= 15 is 0 Å². The molecule has 8 nitrogen and oxygen atoms in total. The summed E-state index contributed by atoms with van der Waals surface area (Å²) in [6.07, 6.45) is 3.78. The Morgan fingerprint density at radius 2 is 2.04 bits per heavy atom. The maximum Gasteiger partial charge on any atom is 0.326 e. The zero-order chi connectivity index (χ0) is 18.5. The number of aromatic nitrogens is 4. The molecule has 2 N–H and O–H groups in total. The van der Waals surface area contributed by atoms with E-state index in [2.05, 4.69) is 20.1 Å². The van der Waals surface area contributed by atoms with Gasteiger partial charge in [0, 0.05) is 44.4 Å². The molecule has 3 aromatic rings. The molecule has 0 bridgehead atoms. The lowest BCUT2D eigenvalue weighted by Gasteiger charge is -2.32. The van der Waals surface area contributed by atoms with Crippen molar-refractivity contribution >= 4 is 16.9 Å². The van der Waals surface area contributed by atoms with Crippen molar-refractivity contribution in [3.8, 4) is 0 Å². The van der Waals surface area contributed by atoms with Gasteiger partial charge in [0.15, 0.2) is 0 Å². The zero-order valence-electron chi connectivity index (χ0n) is 15.2. The first-order valence-corrected chi connectivity index (χ1v) is 9.36. The van der Waals surface area contributed by atoms with Crippen LogP contribution < -0.4 is 11.0 Å². The molecule has 2 aliphatic heterocycles. The lowest BCUT2D eigenvalue weighted by molar-refractivity contribution is 0.0689. The monoisotopic (exact) mass is 366 g/mol. The van der Waals surface area contributed by atoms with Crippen LogP contribution in [0.1, 0.15) is 40.5 Å². The third kappa shape index (κ3) is 2.59. The maximum atomic E-state index is 12.9. The number of carbonyl (C=O) groups is 1. The van der Waals surface area contributed by atoms with E-state index in [9.17, 15) is 9.59 Å². The summed E-state index contributed by atoms with van der Waals surface area (Å²) in [4.78, 5) is 29.4. The second kappa shape index (κ2) is 6.09. The lowest BCUT2D eigenvalue weighted by Crippen LogP contribution is -2.39. The van der Waals surface area contributed by atoms with E-state index < -0.39 is 0 Å². The molecule has 8 heteroatoms. The third-order valence-corrected chi connectivity index (χ3v) is 5.84. The smallest absolute Gasteiger partial charge is 0.326 e. The summed E-state index contributed by atoms with van der Waals surface area (Å²) in [6, 6.07) is 5.74. The summed E-state index contributed by atoms with van der Waals surface area (Å²) in [7, 11) is 1.71. The van der Waals surface area contributed by atoms with Crippen LogP contribution in [0.4, 0.5) is 0 Å². The molecule has 5 rings (SSSR count). The predicted molar refractivity (Wildman–Crippen MR) is 100 cm³/mol. The molecule has 2 aliphatic rings. The molecule has 4 heterocycles. The van der Waals surface area contributed by atoms with Crippen LogP contribution in [0.25, 0.3) is 11.0 Å². The highest BCUT2D eigenvalue weighted by molar-refractivity contribution is 5.97. The number of likely N-dealkylation sites (tertiary alicyclic amines) is 1. The van der Waals surface area contributed by atoms with E-state index in [-0.39, 0.29) is 11.6 Å². The molecule has 0 spiro atoms. The Morgan fingerprint density at radius 1 is 1.22 bits per heavy atom. The zero-order valence-corrected chi connectivity index (χ0v) is 15.2. The van der Waals surface area contributed by atoms with Gasteiger partial charge in [-0.05, 0) is 31.0 Å². The first-order valence-electron chi connectivity index (χ1n) is 9.36. The number of carbonyl (C=O) groups excluding carboxylic acids is 1. The van der Waals surface area contributed by atoms with Crippen LogP contribution in [0.5, 0.6) is 0 Å². The minimum atomic E-state index is -0.170. The number of rotatable bonds is 2. The van der Waals surface area contributed by atoms with E-state index in [1.165, 1.54) is 15.8 Å². The summed E-state index contributed by atoms with van der Waals surface area (Å²) in [5.41, 5.74) is 4.54. The molecule has 0 saturated carbocycles. The van der Waals surface area contributed by atoms with Crippen molar-refractivity contribution in [3.05, 3.63) is 51.7 Å². The molecule has 27 heavy (non-hydrogen) atoms. The van der Waals surface area contributed by atoms with Crippen LogP contribution >= 0.6 is 0 Å². The molecule has 0 radical (unpaired) electrons. The molecule has 140 valence electrons. The van der Waals surface area contributed by atoms with E-state index in [1.807, 2.05) is 11.1 Å². The second-order valence-corrected chi connectivity index (χ2v) is 7.41. The standard InChI is InChI=1S/C19H22N6O2/c1-23-16-8-12(2-3-15(16)22-19(23)27)18(26)24-6-4-14(5-7-24)25-17-11-20-9-13(17)10-21-25/h2-3,8,10,14,20H,4-7,9,11H2,1H3,(H,22,27). The molecule has 1 saturated heterocycles. The summed E-state index contributed by atoms with van der Waals surface area (Å²) >= 11 is 0. The Bertz CT molecular complexity index is 1080. The van der Waals surface area contributed by atoms with Gasteiger partial charge in [-0.25, -0.2) is 4.79 Å². The number of nitrogens with zero attached hydrogens (tertiary/aromatic N) is 4. The van der Waals surface area contributed by atoms with Crippen molar-refractivity contribution in [3.63, 3.8) is 0 Å². The Kier molecular flexibility index (Phi) is 3.68. The minimum absolute atomic E-state index is 0.0244. The topological polar surface area (TPSA) is 88.0 Å². The number of piperidine rings is 1. The van der Waals surface area contributed by atoms with Gasteiger partial charge in [0.25, 0.3) is 5.91 Å². The third-order valence-electron chi connectivity index (χ3n) is 5.84. The van der Waals surface area contributed by atoms with Crippen LogP contribution in [-0.2, 0) is 20.1 Å². The molecule has 0 aliphatic carbocycles. The average molecular weight is 366 g/mol. The number of H-pyrrole nitrogens is 1. The van der Waals surface area contributed by atoms with E-state index in [1.54, 1.807) is 25.2 Å². The van der Waals surface area contributed by atoms with E-state index in [4.69, 9.17) is 0 Å².